The SMILES string of the molecule is C=CC(=O)NC1CC(C)(C)N(S(=O)(=O)c2ccc(C(=O)N3CCC(C(=O)N4CCCC4)CC3)cc2)C(C)(C)C1. The molecule has 0 unspecified atom stereocenters. The first-order valence-electron chi connectivity index (χ1n) is 13.9. The van der Waals surface area contributed by atoms with Crippen molar-refractivity contribution >= 4 is 27.7 Å². The monoisotopic (exact) mass is 558 g/mol. The Labute approximate surface area is 232 Å². The highest BCUT2D eigenvalue weighted by molar-refractivity contribution is 7.89. The fraction of sp³-hybridized carbons (Fsp3) is 0.621. The van der Waals surface area contributed by atoms with Crippen LogP contribution in [0.2, 0.25) is 0 Å². The van der Waals surface area contributed by atoms with Crippen LogP contribution in [-0.2, 0) is 19.6 Å². The van der Waals surface area contributed by atoms with E-state index < -0.39 is 21.1 Å². The minimum atomic E-state index is -3.89. The van der Waals surface area contributed by atoms with E-state index in [1.807, 2.05) is 32.6 Å². The maximum absolute atomic E-state index is 13.9. The molecule has 3 heterocycles. The van der Waals surface area contributed by atoms with E-state index in [9.17, 15) is 22.8 Å². The van der Waals surface area contributed by atoms with Gasteiger partial charge in [0.15, 0.2) is 0 Å². The van der Waals surface area contributed by atoms with Crippen molar-refractivity contribution in [2.75, 3.05) is 26.2 Å². The van der Waals surface area contributed by atoms with Crippen molar-refractivity contribution in [1.29, 1.82) is 0 Å². The summed E-state index contributed by atoms with van der Waals surface area (Å²) in [6, 6.07) is 5.98. The zero-order valence-corrected chi connectivity index (χ0v) is 24.4. The zero-order chi connectivity index (χ0) is 28.6. The van der Waals surface area contributed by atoms with Gasteiger partial charge in [0.25, 0.3) is 5.91 Å². The van der Waals surface area contributed by atoms with Crippen LogP contribution in [0.3, 0.4) is 0 Å². The Kier molecular flexibility index (Phi) is 8.28. The number of sulfonamides is 1. The summed E-state index contributed by atoms with van der Waals surface area (Å²) < 4.78 is 29.3. The molecule has 3 fully saturated rings. The molecule has 39 heavy (non-hydrogen) atoms. The van der Waals surface area contributed by atoms with E-state index in [1.165, 1.54) is 18.2 Å². The molecule has 0 atom stereocenters. The molecule has 0 spiro atoms. The molecule has 3 amide bonds. The average molecular weight is 559 g/mol. The maximum atomic E-state index is 13.9. The lowest BCUT2D eigenvalue weighted by Gasteiger charge is -2.53. The average Bonchev–Trinajstić information content (AvgIpc) is 3.41. The molecule has 0 aliphatic carbocycles. The Hall–Kier alpha value is -2.72. The van der Waals surface area contributed by atoms with Gasteiger partial charge in [0.05, 0.1) is 4.90 Å². The number of nitrogens with zero attached hydrogens (tertiary/aromatic N) is 3. The van der Waals surface area contributed by atoms with Crippen molar-refractivity contribution in [1.82, 2.24) is 19.4 Å². The number of likely N-dealkylation sites (tertiary alicyclic amines) is 2. The molecule has 0 bridgehead atoms. The molecule has 0 saturated carbocycles. The number of nitrogens with one attached hydrogen (secondary N) is 1. The zero-order valence-electron chi connectivity index (χ0n) is 23.6. The normalized spacial score (nSPS) is 22.5. The molecule has 3 saturated heterocycles. The van der Waals surface area contributed by atoms with Gasteiger partial charge in [-0.3, -0.25) is 14.4 Å². The highest BCUT2D eigenvalue weighted by atomic mass is 32.2. The van der Waals surface area contributed by atoms with E-state index in [-0.39, 0.29) is 34.6 Å². The molecule has 0 aromatic heterocycles. The lowest BCUT2D eigenvalue weighted by Crippen LogP contribution is -2.65. The van der Waals surface area contributed by atoms with Crippen molar-refractivity contribution in [3.05, 3.63) is 42.5 Å². The van der Waals surface area contributed by atoms with Crippen LogP contribution in [0.25, 0.3) is 0 Å². The van der Waals surface area contributed by atoms with Gasteiger partial charge in [-0.25, -0.2) is 8.42 Å². The van der Waals surface area contributed by atoms with Gasteiger partial charge >= 0.3 is 0 Å². The number of carbonyl (C=O) groups excluding carboxylic acids is 3. The Balaban J connectivity index is 1.44. The van der Waals surface area contributed by atoms with Crippen LogP contribution >= 0.6 is 0 Å². The van der Waals surface area contributed by atoms with Gasteiger partial charge < -0.3 is 15.1 Å². The topological polar surface area (TPSA) is 107 Å². The van der Waals surface area contributed by atoms with Crippen LogP contribution in [0.5, 0.6) is 0 Å². The first-order valence-corrected chi connectivity index (χ1v) is 15.4. The second-order valence-corrected chi connectivity index (χ2v) is 14.1. The van der Waals surface area contributed by atoms with Gasteiger partial charge in [0, 0.05) is 54.8 Å². The van der Waals surface area contributed by atoms with E-state index >= 15 is 0 Å². The van der Waals surface area contributed by atoms with Crippen LogP contribution in [0.15, 0.2) is 41.8 Å². The van der Waals surface area contributed by atoms with Crippen LogP contribution in [0.4, 0.5) is 0 Å². The highest BCUT2D eigenvalue weighted by Crippen LogP contribution is 2.42. The molecular formula is C29H42N4O5S. The molecule has 1 aromatic rings. The van der Waals surface area contributed by atoms with Crippen molar-refractivity contribution < 1.29 is 22.8 Å². The summed E-state index contributed by atoms with van der Waals surface area (Å²) in [5.74, 6) is -0.233. The number of amides is 3. The van der Waals surface area contributed by atoms with Crippen molar-refractivity contribution in [2.45, 2.75) is 88.2 Å². The Morgan fingerprint density at radius 2 is 1.44 bits per heavy atom. The van der Waals surface area contributed by atoms with Crippen LogP contribution in [0, 0.1) is 5.92 Å². The molecular weight excluding hydrogens is 516 g/mol. The summed E-state index contributed by atoms with van der Waals surface area (Å²) in [5, 5.41) is 2.92. The predicted molar refractivity (Wildman–Crippen MR) is 149 cm³/mol. The number of carbonyl (C=O) groups is 3. The lowest BCUT2D eigenvalue weighted by atomic mass is 9.79. The van der Waals surface area contributed by atoms with Gasteiger partial charge in [-0.05, 0) is 96.6 Å². The minimum absolute atomic E-state index is 0.0272. The van der Waals surface area contributed by atoms with Crippen LogP contribution in [-0.4, -0.2) is 83.5 Å². The summed E-state index contributed by atoms with van der Waals surface area (Å²) in [6.45, 7) is 13.7. The van der Waals surface area contributed by atoms with Crippen molar-refractivity contribution in [2.24, 2.45) is 5.92 Å². The molecule has 3 aliphatic heterocycles. The quantitative estimate of drug-likeness (QED) is 0.540. The van der Waals surface area contributed by atoms with Gasteiger partial charge in [-0.1, -0.05) is 6.58 Å². The number of rotatable bonds is 6. The number of hydrogen-bond acceptors (Lipinski definition) is 5. The minimum Gasteiger partial charge on any atom is -0.350 e. The second kappa shape index (κ2) is 11.0. The molecule has 0 radical (unpaired) electrons. The second-order valence-electron chi connectivity index (χ2n) is 12.3. The van der Waals surface area contributed by atoms with E-state index in [0.717, 1.165) is 25.9 Å². The fourth-order valence-electron chi connectivity index (χ4n) is 6.86. The largest absolute Gasteiger partial charge is 0.350 e. The Morgan fingerprint density at radius 3 is 1.95 bits per heavy atom. The third-order valence-electron chi connectivity index (χ3n) is 8.31. The standard InChI is InChI=1S/C29H42N4O5S/c1-6-25(34)30-23-19-28(2,3)33(29(4,5)20-23)39(37,38)24-11-9-21(10-12-24)26(35)32-17-13-22(14-18-32)27(36)31-15-7-8-16-31/h6,9-12,22-23H,1,7-8,13-20H2,2-5H3,(H,30,34). The highest BCUT2D eigenvalue weighted by Gasteiger charge is 2.52. The lowest BCUT2D eigenvalue weighted by molar-refractivity contribution is -0.135. The first-order chi connectivity index (χ1) is 18.3. The summed E-state index contributed by atoms with van der Waals surface area (Å²) in [7, 11) is -3.89. The molecule has 9 nitrogen and oxygen atoms in total. The van der Waals surface area contributed by atoms with Crippen molar-refractivity contribution in [3.63, 3.8) is 0 Å². The van der Waals surface area contributed by atoms with Crippen molar-refractivity contribution in [3.8, 4) is 0 Å². The maximum Gasteiger partial charge on any atom is 0.253 e. The molecule has 3 aliphatic rings. The van der Waals surface area contributed by atoms with E-state index in [2.05, 4.69) is 11.9 Å². The Morgan fingerprint density at radius 1 is 0.897 bits per heavy atom. The molecule has 1 aromatic carbocycles. The molecule has 1 N–H and O–H groups in total. The molecule has 214 valence electrons. The predicted octanol–water partition coefficient (Wildman–Crippen LogP) is 3.17. The third-order valence-corrected chi connectivity index (χ3v) is 10.6. The van der Waals surface area contributed by atoms with E-state index in [4.69, 9.17) is 0 Å². The van der Waals surface area contributed by atoms with Gasteiger partial charge in [0.2, 0.25) is 21.8 Å². The van der Waals surface area contributed by atoms with Gasteiger partial charge in [0.1, 0.15) is 0 Å². The van der Waals surface area contributed by atoms with E-state index in [0.29, 0.717) is 44.3 Å². The van der Waals surface area contributed by atoms with Gasteiger partial charge in [-0.2, -0.15) is 4.31 Å². The van der Waals surface area contributed by atoms with Crippen LogP contribution in [0.1, 0.15) is 76.6 Å². The van der Waals surface area contributed by atoms with Gasteiger partial charge in [-0.15, -0.1) is 0 Å². The summed E-state index contributed by atoms with van der Waals surface area (Å²) >= 11 is 0. The summed E-state index contributed by atoms with van der Waals surface area (Å²) in [6.07, 6.45) is 5.58. The van der Waals surface area contributed by atoms with E-state index in [1.54, 1.807) is 21.3 Å². The smallest absolute Gasteiger partial charge is 0.253 e. The van der Waals surface area contributed by atoms with Crippen LogP contribution < -0.4 is 5.32 Å². The summed E-state index contributed by atoms with van der Waals surface area (Å²) in [4.78, 5) is 41.6. The molecule has 10 heteroatoms. The first kappa shape index (κ1) is 29.3. The fourth-order valence-corrected chi connectivity index (χ4v) is 9.00. The number of piperidine rings is 2. The summed E-state index contributed by atoms with van der Waals surface area (Å²) in [5.41, 5.74) is -1.08. The Bertz CT molecular complexity index is 1190. The molecule has 4 rings (SSSR count). The number of hydrogen-bond donors (Lipinski definition) is 1. The third kappa shape index (κ3) is 6.06. The number of benzene rings is 1.